The van der Waals surface area contributed by atoms with E-state index >= 15 is 0 Å². The Hall–Kier alpha value is -0.120. The molecular weight excluding hydrogens is 114 g/mol. The van der Waals surface area contributed by atoms with Crippen molar-refractivity contribution in [1.82, 2.24) is 10.2 Å². The van der Waals surface area contributed by atoms with Gasteiger partial charge in [-0.25, -0.2) is 0 Å². The average Bonchev–Trinajstić information content (AvgIpc) is 1.57. The summed E-state index contributed by atoms with van der Waals surface area (Å²) in [5.41, 5.74) is 5.62. The van der Waals surface area contributed by atoms with Gasteiger partial charge in [-0.05, 0) is 0 Å². The molecule has 9 heavy (non-hydrogen) atoms. The van der Waals surface area contributed by atoms with Gasteiger partial charge in [0.1, 0.15) is 0 Å². The monoisotopic (exact) mass is 127 g/mol. The fourth-order valence-electron chi connectivity index (χ4n) is 1.38. The maximum absolute atomic E-state index is 5.62. The van der Waals surface area contributed by atoms with E-state index in [4.69, 9.17) is 5.73 Å². The minimum absolute atomic E-state index is 0.464. The first kappa shape index (κ1) is 5.65. The fraction of sp³-hybridized carbons (Fsp3) is 1.00. The Morgan fingerprint density at radius 1 is 1.33 bits per heavy atom. The van der Waals surface area contributed by atoms with Crippen LogP contribution in [-0.4, -0.2) is 43.2 Å². The van der Waals surface area contributed by atoms with Crippen molar-refractivity contribution < 1.29 is 0 Å². The molecule has 2 heterocycles. The zero-order chi connectivity index (χ0) is 6.27. The molecule has 3 N–H and O–H groups in total. The smallest absolute Gasteiger partial charge is 0.0346 e. The molecule has 2 aliphatic heterocycles. The first-order chi connectivity index (χ1) is 4.36. The molecule has 0 bridgehead atoms. The number of nitrogens with two attached hydrogens (primary N) is 1. The summed E-state index contributed by atoms with van der Waals surface area (Å²) < 4.78 is 0. The quantitative estimate of drug-likeness (QED) is 0.455. The number of hydrogen-bond acceptors (Lipinski definition) is 3. The highest BCUT2D eigenvalue weighted by molar-refractivity contribution is 4.93. The third kappa shape index (κ3) is 0.852. The molecule has 0 atom stereocenters. The van der Waals surface area contributed by atoms with Crippen LogP contribution in [0.4, 0.5) is 0 Å². The van der Waals surface area contributed by atoms with Crippen molar-refractivity contribution in [3.63, 3.8) is 0 Å². The molecule has 2 rings (SSSR count). The summed E-state index contributed by atoms with van der Waals surface area (Å²) in [4.78, 5) is 2.45. The Morgan fingerprint density at radius 2 is 2.00 bits per heavy atom. The van der Waals surface area contributed by atoms with E-state index in [0.29, 0.717) is 6.04 Å². The molecular formula is C6H13N3. The molecule has 0 radical (unpaired) electrons. The molecule has 2 fully saturated rings. The molecule has 0 unspecified atom stereocenters. The SMILES string of the molecule is NC1CN(C2CNC2)C1. The molecule has 52 valence electrons. The molecule has 0 aromatic carbocycles. The lowest BCUT2D eigenvalue weighted by Crippen LogP contribution is -2.67. The van der Waals surface area contributed by atoms with Crippen molar-refractivity contribution in [2.45, 2.75) is 12.1 Å². The number of nitrogens with one attached hydrogen (secondary N) is 1. The van der Waals surface area contributed by atoms with E-state index in [1.165, 1.54) is 13.1 Å². The maximum Gasteiger partial charge on any atom is 0.0346 e. The lowest BCUT2D eigenvalue weighted by atomic mass is 10.0. The highest BCUT2D eigenvalue weighted by Gasteiger charge is 2.32. The standard InChI is InChI=1S/C6H13N3/c7-5-3-9(4-5)6-1-8-2-6/h5-6,8H,1-4,7H2. The van der Waals surface area contributed by atoms with E-state index in [0.717, 1.165) is 19.1 Å². The normalized spacial score (nSPS) is 31.7. The topological polar surface area (TPSA) is 41.3 Å². The first-order valence-corrected chi connectivity index (χ1v) is 3.56. The van der Waals surface area contributed by atoms with E-state index < -0.39 is 0 Å². The van der Waals surface area contributed by atoms with Gasteiger partial charge in [-0.15, -0.1) is 0 Å². The first-order valence-electron chi connectivity index (χ1n) is 3.56. The van der Waals surface area contributed by atoms with Crippen LogP contribution in [-0.2, 0) is 0 Å². The average molecular weight is 127 g/mol. The summed E-state index contributed by atoms with van der Waals surface area (Å²) in [6.45, 7) is 4.58. The van der Waals surface area contributed by atoms with E-state index in [1.54, 1.807) is 0 Å². The second kappa shape index (κ2) is 1.94. The number of nitrogens with zero attached hydrogens (tertiary/aromatic N) is 1. The van der Waals surface area contributed by atoms with Crippen LogP contribution in [0.3, 0.4) is 0 Å². The van der Waals surface area contributed by atoms with Gasteiger partial charge in [-0.1, -0.05) is 0 Å². The molecule has 3 heteroatoms. The van der Waals surface area contributed by atoms with Crippen molar-refractivity contribution in [2.75, 3.05) is 26.2 Å². The van der Waals surface area contributed by atoms with Gasteiger partial charge in [0, 0.05) is 38.3 Å². The predicted octanol–water partition coefficient (Wildman–Crippen LogP) is -1.40. The zero-order valence-corrected chi connectivity index (χ0v) is 5.51. The van der Waals surface area contributed by atoms with Crippen LogP contribution >= 0.6 is 0 Å². The van der Waals surface area contributed by atoms with Crippen molar-refractivity contribution in [3.8, 4) is 0 Å². The molecule has 0 spiro atoms. The van der Waals surface area contributed by atoms with Gasteiger partial charge in [-0.2, -0.15) is 0 Å². The van der Waals surface area contributed by atoms with Gasteiger partial charge in [0.15, 0.2) is 0 Å². The highest BCUT2D eigenvalue weighted by atomic mass is 15.3. The summed E-state index contributed by atoms with van der Waals surface area (Å²) >= 11 is 0. The Labute approximate surface area is 55.2 Å². The Balaban J connectivity index is 1.75. The third-order valence-electron chi connectivity index (χ3n) is 2.21. The molecule has 2 saturated heterocycles. The molecule has 0 saturated carbocycles. The second-order valence-corrected chi connectivity index (χ2v) is 3.03. The molecule has 0 aromatic rings. The van der Waals surface area contributed by atoms with Crippen LogP contribution in [0.5, 0.6) is 0 Å². The van der Waals surface area contributed by atoms with E-state index in [2.05, 4.69) is 10.2 Å². The van der Waals surface area contributed by atoms with Gasteiger partial charge >= 0.3 is 0 Å². The minimum Gasteiger partial charge on any atom is -0.325 e. The maximum atomic E-state index is 5.62. The molecule has 3 nitrogen and oxygen atoms in total. The summed E-state index contributed by atoms with van der Waals surface area (Å²) in [7, 11) is 0. The Morgan fingerprint density at radius 3 is 2.33 bits per heavy atom. The number of hydrogen-bond donors (Lipinski definition) is 2. The number of rotatable bonds is 1. The van der Waals surface area contributed by atoms with Crippen molar-refractivity contribution in [1.29, 1.82) is 0 Å². The van der Waals surface area contributed by atoms with Crippen LogP contribution in [0.25, 0.3) is 0 Å². The molecule has 0 aromatic heterocycles. The van der Waals surface area contributed by atoms with Crippen LogP contribution in [0.1, 0.15) is 0 Å². The van der Waals surface area contributed by atoms with Crippen LogP contribution in [0, 0.1) is 0 Å². The zero-order valence-electron chi connectivity index (χ0n) is 5.51. The van der Waals surface area contributed by atoms with Gasteiger partial charge in [-0.3, -0.25) is 4.90 Å². The van der Waals surface area contributed by atoms with Crippen LogP contribution in [0.15, 0.2) is 0 Å². The number of likely N-dealkylation sites (tertiary alicyclic amines) is 1. The second-order valence-electron chi connectivity index (χ2n) is 3.03. The van der Waals surface area contributed by atoms with E-state index in [-0.39, 0.29) is 0 Å². The summed E-state index contributed by atoms with van der Waals surface area (Å²) in [6, 6.07) is 1.27. The molecule has 2 aliphatic rings. The Kier molecular flexibility index (Phi) is 1.22. The third-order valence-corrected chi connectivity index (χ3v) is 2.21. The van der Waals surface area contributed by atoms with Gasteiger partial charge < -0.3 is 11.1 Å². The van der Waals surface area contributed by atoms with Gasteiger partial charge in [0.25, 0.3) is 0 Å². The van der Waals surface area contributed by atoms with Crippen molar-refractivity contribution in [2.24, 2.45) is 5.73 Å². The predicted molar refractivity (Wildman–Crippen MR) is 36.2 cm³/mol. The van der Waals surface area contributed by atoms with E-state index in [1.807, 2.05) is 0 Å². The van der Waals surface area contributed by atoms with Crippen molar-refractivity contribution in [3.05, 3.63) is 0 Å². The lowest BCUT2D eigenvalue weighted by Gasteiger charge is -2.46. The van der Waals surface area contributed by atoms with Crippen LogP contribution < -0.4 is 11.1 Å². The fourth-order valence-corrected chi connectivity index (χ4v) is 1.38. The molecule has 0 amide bonds. The van der Waals surface area contributed by atoms with Crippen LogP contribution in [0.2, 0.25) is 0 Å². The van der Waals surface area contributed by atoms with E-state index in [9.17, 15) is 0 Å². The highest BCUT2D eigenvalue weighted by Crippen LogP contribution is 2.12. The largest absolute Gasteiger partial charge is 0.325 e. The summed E-state index contributed by atoms with van der Waals surface area (Å²) in [6.07, 6.45) is 0. The van der Waals surface area contributed by atoms with Crippen molar-refractivity contribution >= 4 is 0 Å². The molecule has 0 aliphatic carbocycles. The summed E-state index contributed by atoms with van der Waals surface area (Å²) in [5, 5.41) is 3.24. The lowest BCUT2D eigenvalue weighted by molar-refractivity contribution is 0.0638. The summed E-state index contributed by atoms with van der Waals surface area (Å²) in [5.74, 6) is 0. The minimum atomic E-state index is 0.464. The van der Waals surface area contributed by atoms with Gasteiger partial charge in [0.2, 0.25) is 0 Å². The Bertz CT molecular complexity index is 105. The van der Waals surface area contributed by atoms with Gasteiger partial charge in [0.05, 0.1) is 0 Å².